The molecule has 0 amide bonds. The van der Waals surface area contributed by atoms with Crippen molar-refractivity contribution in [3.63, 3.8) is 0 Å². The van der Waals surface area contributed by atoms with E-state index >= 15 is 0 Å². The molecule has 0 spiro atoms. The molecule has 6 nitrogen and oxygen atoms in total. The van der Waals surface area contributed by atoms with Crippen LogP contribution < -0.4 is 11.3 Å². The van der Waals surface area contributed by atoms with Gasteiger partial charge in [0.15, 0.2) is 5.78 Å². The van der Waals surface area contributed by atoms with E-state index < -0.39 is 42.4 Å². The lowest BCUT2D eigenvalue weighted by atomic mass is 9.92. The quantitative estimate of drug-likeness (QED) is 0.628. The number of hydrogen-bond donors (Lipinski definition) is 1. The van der Waals surface area contributed by atoms with E-state index in [9.17, 15) is 14.4 Å². The Labute approximate surface area is 127 Å². The minimum absolute atomic E-state index is 0.0276. The van der Waals surface area contributed by atoms with Gasteiger partial charge < -0.3 is 5.73 Å². The third-order valence-corrected chi connectivity index (χ3v) is 3.35. The Morgan fingerprint density at radius 2 is 2.24 bits per heavy atom. The van der Waals surface area contributed by atoms with E-state index in [1.165, 1.54) is 13.0 Å². The fourth-order valence-electron chi connectivity index (χ4n) is 2.39. The van der Waals surface area contributed by atoms with Gasteiger partial charge in [-0.25, -0.2) is 4.98 Å². The highest BCUT2D eigenvalue weighted by Gasteiger charge is 2.30. The van der Waals surface area contributed by atoms with Crippen LogP contribution >= 0.6 is 0 Å². The van der Waals surface area contributed by atoms with Crippen molar-refractivity contribution < 1.29 is 16.4 Å². The van der Waals surface area contributed by atoms with Crippen molar-refractivity contribution >= 4 is 28.2 Å². The van der Waals surface area contributed by atoms with E-state index in [4.69, 9.17) is 12.6 Å². The highest BCUT2D eigenvalue weighted by atomic mass is 16.2. The molecule has 1 aromatic carbocycles. The SMILES string of the molecule is [2H]c1cc2nc(C)n(C3C(=O)CC(=O)C([2H])([2H])C3[2H])c(=O)c2c(N)c1[2H]. The van der Waals surface area contributed by atoms with Crippen molar-refractivity contribution in [3.8, 4) is 0 Å². The summed E-state index contributed by atoms with van der Waals surface area (Å²) in [5, 5.41) is -0.172. The summed E-state index contributed by atoms with van der Waals surface area (Å²) in [6.07, 6.45) is -5.13. The third-order valence-electron chi connectivity index (χ3n) is 3.35. The summed E-state index contributed by atoms with van der Waals surface area (Å²) < 4.78 is 39.9. The number of aromatic nitrogens is 2. The number of nitrogens with two attached hydrogens (primary N) is 1. The number of nitrogen functional groups attached to an aromatic ring is 1. The maximum atomic E-state index is 13.0. The molecule has 3 rings (SSSR count). The molecular formula is C15H15N3O3. The standard InChI is InChI=1S/C15H15N3O3/c1-8-17-11-4-2-3-10(16)14(11)15(21)18(8)12-6-5-9(19)7-13(12)20/h2-4,12H,5-7,16H2,1H3/i2D,3D,5D2,6D. The molecule has 6 heteroatoms. The van der Waals surface area contributed by atoms with Gasteiger partial charge in [0, 0.05) is 16.2 Å². The molecule has 2 unspecified atom stereocenters. The van der Waals surface area contributed by atoms with Crippen LogP contribution in [0.2, 0.25) is 0 Å². The molecule has 1 aromatic heterocycles. The molecule has 2 atom stereocenters. The minimum Gasteiger partial charge on any atom is -0.398 e. The summed E-state index contributed by atoms with van der Waals surface area (Å²) in [7, 11) is 0. The van der Waals surface area contributed by atoms with Gasteiger partial charge in [0.1, 0.15) is 11.6 Å². The van der Waals surface area contributed by atoms with Gasteiger partial charge in [0.25, 0.3) is 5.56 Å². The van der Waals surface area contributed by atoms with Crippen LogP contribution in [0.1, 0.15) is 37.9 Å². The second-order valence-electron chi connectivity index (χ2n) is 4.74. The van der Waals surface area contributed by atoms with Crippen LogP contribution in [0.3, 0.4) is 0 Å². The number of carbonyl (C=O) groups excluding carboxylic acids is 2. The Kier molecular flexibility index (Phi) is 1.99. The second-order valence-corrected chi connectivity index (χ2v) is 4.74. The van der Waals surface area contributed by atoms with Gasteiger partial charge in [0.2, 0.25) is 0 Å². The molecule has 0 bridgehead atoms. The van der Waals surface area contributed by atoms with Crippen LogP contribution in [0.5, 0.6) is 0 Å². The van der Waals surface area contributed by atoms with Gasteiger partial charge in [-0.2, -0.15) is 0 Å². The molecule has 0 saturated heterocycles. The molecule has 1 heterocycles. The zero-order valence-corrected chi connectivity index (χ0v) is 11.1. The van der Waals surface area contributed by atoms with Crippen LogP contribution in [0.4, 0.5) is 5.69 Å². The number of nitrogens with zero attached hydrogens (tertiary/aromatic N) is 2. The van der Waals surface area contributed by atoms with Crippen molar-refractivity contribution in [2.45, 2.75) is 32.2 Å². The van der Waals surface area contributed by atoms with Crippen LogP contribution in [0, 0.1) is 6.92 Å². The normalized spacial score (nSPS) is 28.5. The summed E-state index contributed by atoms with van der Waals surface area (Å²) in [5.41, 5.74) is 4.79. The average Bonchev–Trinajstić information content (AvgIpc) is 2.54. The zero-order valence-electron chi connectivity index (χ0n) is 16.1. The predicted molar refractivity (Wildman–Crippen MR) is 78.1 cm³/mol. The first-order valence-electron chi connectivity index (χ1n) is 8.83. The molecule has 1 aliphatic rings. The van der Waals surface area contributed by atoms with Gasteiger partial charge >= 0.3 is 0 Å². The molecule has 1 aliphatic carbocycles. The number of carbonyl (C=O) groups is 2. The van der Waals surface area contributed by atoms with Crippen molar-refractivity contribution in [3.05, 3.63) is 34.3 Å². The second kappa shape index (κ2) is 4.80. The number of anilines is 1. The number of benzene rings is 1. The maximum absolute atomic E-state index is 13.0. The Morgan fingerprint density at radius 3 is 3.00 bits per heavy atom. The monoisotopic (exact) mass is 290 g/mol. The van der Waals surface area contributed by atoms with Gasteiger partial charge in [0.05, 0.1) is 26.1 Å². The Balaban J connectivity index is 2.34. The maximum Gasteiger partial charge on any atom is 0.264 e. The molecule has 108 valence electrons. The first-order valence-corrected chi connectivity index (χ1v) is 6.25. The third kappa shape index (κ3) is 2.12. The number of rotatable bonds is 1. The van der Waals surface area contributed by atoms with Crippen LogP contribution in [0.25, 0.3) is 10.9 Å². The summed E-state index contributed by atoms with van der Waals surface area (Å²) >= 11 is 0. The van der Waals surface area contributed by atoms with Gasteiger partial charge in [-0.1, -0.05) is 6.04 Å². The molecule has 1 saturated carbocycles. The van der Waals surface area contributed by atoms with Crippen molar-refractivity contribution in [2.75, 3.05) is 5.73 Å². The molecule has 0 radical (unpaired) electrons. The van der Waals surface area contributed by atoms with E-state index in [1.54, 1.807) is 0 Å². The fraction of sp³-hybridized carbons (Fsp3) is 0.333. The number of aryl methyl sites for hydroxylation is 1. The lowest BCUT2D eigenvalue weighted by molar-refractivity contribution is -0.132. The molecule has 2 N–H and O–H groups in total. The average molecular weight is 290 g/mol. The van der Waals surface area contributed by atoms with Gasteiger partial charge in [-0.15, -0.1) is 0 Å². The number of Topliss-reactive ketones (excluding diaryl/α,β-unsaturated/α-hetero) is 2. The summed E-state index contributed by atoms with van der Waals surface area (Å²) in [6, 6.07) is -0.907. The van der Waals surface area contributed by atoms with Crippen molar-refractivity contribution in [2.24, 2.45) is 0 Å². The molecule has 1 fully saturated rings. The smallest absolute Gasteiger partial charge is 0.264 e. The highest BCUT2D eigenvalue weighted by molar-refractivity contribution is 6.03. The van der Waals surface area contributed by atoms with E-state index in [1.807, 2.05) is 0 Å². The number of hydrogen-bond acceptors (Lipinski definition) is 5. The topological polar surface area (TPSA) is 95.0 Å². The van der Waals surface area contributed by atoms with Gasteiger partial charge in [-0.05, 0) is 25.4 Å². The highest BCUT2D eigenvalue weighted by Crippen LogP contribution is 2.24. The van der Waals surface area contributed by atoms with E-state index in [2.05, 4.69) is 4.98 Å². The summed E-state index contributed by atoms with van der Waals surface area (Å²) in [4.78, 5) is 41.2. The molecule has 2 aromatic rings. The van der Waals surface area contributed by atoms with Crippen LogP contribution in [-0.2, 0) is 9.59 Å². The van der Waals surface area contributed by atoms with Crippen LogP contribution in [0.15, 0.2) is 22.9 Å². The summed E-state index contributed by atoms with van der Waals surface area (Å²) in [6.45, 7) is 1.40. The van der Waals surface area contributed by atoms with Crippen LogP contribution in [-0.4, -0.2) is 21.1 Å². The van der Waals surface area contributed by atoms with Crippen molar-refractivity contribution in [1.29, 1.82) is 0 Å². The Morgan fingerprint density at radius 1 is 1.48 bits per heavy atom. The lowest BCUT2D eigenvalue weighted by Crippen LogP contribution is -2.36. The largest absolute Gasteiger partial charge is 0.398 e. The number of fused-ring (bicyclic) bond motifs is 1. The first-order chi connectivity index (χ1) is 12.0. The molecular weight excluding hydrogens is 270 g/mol. The first kappa shape index (κ1) is 8.71. The van der Waals surface area contributed by atoms with E-state index in [-0.39, 0.29) is 34.5 Å². The Hall–Kier alpha value is -2.50. The Bertz CT molecular complexity index is 1030. The molecule has 0 aliphatic heterocycles. The van der Waals surface area contributed by atoms with Gasteiger partial charge in [-0.3, -0.25) is 19.0 Å². The van der Waals surface area contributed by atoms with E-state index in [0.29, 0.717) is 0 Å². The van der Waals surface area contributed by atoms with Crippen molar-refractivity contribution in [1.82, 2.24) is 9.55 Å². The van der Waals surface area contributed by atoms with E-state index in [0.717, 1.165) is 4.57 Å². The zero-order chi connectivity index (χ0) is 19.5. The minimum atomic E-state index is -2.59. The fourth-order valence-corrected chi connectivity index (χ4v) is 2.39. The predicted octanol–water partition coefficient (Wildman–Crippen LogP) is 1.15. The number of ketones is 2. The molecule has 21 heavy (non-hydrogen) atoms. The summed E-state index contributed by atoms with van der Waals surface area (Å²) in [5.74, 6) is -1.72. The lowest BCUT2D eigenvalue weighted by Gasteiger charge is -2.24.